The van der Waals surface area contributed by atoms with Crippen molar-refractivity contribution < 1.29 is 9.47 Å². The van der Waals surface area contributed by atoms with E-state index in [1.165, 1.54) is 24.8 Å². The predicted octanol–water partition coefficient (Wildman–Crippen LogP) is 3.38. The van der Waals surface area contributed by atoms with Gasteiger partial charge in [0.25, 0.3) is 0 Å². The summed E-state index contributed by atoms with van der Waals surface area (Å²) in [4.78, 5) is 0. The molecule has 1 fully saturated rings. The van der Waals surface area contributed by atoms with E-state index in [2.05, 4.69) is 22.0 Å². The number of hydrogen-bond donors (Lipinski definition) is 1. The molecule has 0 unspecified atom stereocenters. The molecule has 1 saturated carbocycles. The summed E-state index contributed by atoms with van der Waals surface area (Å²) in [6.07, 6.45) is 6.08. The van der Waals surface area contributed by atoms with Crippen LogP contribution < -0.4 is 15.2 Å². The third-order valence-electron chi connectivity index (χ3n) is 4.39. The largest absolute Gasteiger partial charge is 0.486 e. The van der Waals surface area contributed by atoms with Gasteiger partial charge in [-0.3, -0.25) is 0 Å². The first kappa shape index (κ1) is 13.3. The van der Waals surface area contributed by atoms with E-state index in [9.17, 15) is 0 Å². The Morgan fingerprint density at radius 1 is 1.11 bits per heavy atom. The molecule has 0 atom stereocenters. The summed E-state index contributed by atoms with van der Waals surface area (Å²) in [6.45, 7) is 1.92. The van der Waals surface area contributed by atoms with Crippen LogP contribution in [-0.4, -0.2) is 19.8 Å². The lowest BCUT2D eigenvalue weighted by atomic mass is 9.69. The highest BCUT2D eigenvalue weighted by molar-refractivity contribution is 9.10. The zero-order valence-electron chi connectivity index (χ0n) is 11.1. The molecule has 0 radical (unpaired) electrons. The lowest BCUT2D eigenvalue weighted by Gasteiger charge is -2.39. The SMILES string of the molecule is NCC1(c2c(Br)ccc3c2OCCO3)CCCCC1. The van der Waals surface area contributed by atoms with E-state index in [0.717, 1.165) is 28.8 Å². The van der Waals surface area contributed by atoms with Gasteiger partial charge in [-0.2, -0.15) is 0 Å². The van der Waals surface area contributed by atoms with Gasteiger partial charge < -0.3 is 15.2 Å². The molecule has 2 aliphatic rings. The maximum atomic E-state index is 6.16. The van der Waals surface area contributed by atoms with Crippen molar-refractivity contribution in [1.82, 2.24) is 0 Å². The Balaban J connectivity index is 2.11. The molecule has 0 amide bonds. The van der Waals surface area contributed by atoms with E-state index in [1.54, 1.807) is 0 Å². The van der Waals surface area contributed by atoms with E-state index in [4.69, 9.17) is 15.2 Å². The van der Waals surface area contributed by atoms with Crippen molar-refractivity contribution >= 4 is 15.9 Å². The van der Waals surface area contributed by atoms with E-state index in [1.807, 2.05) is 6.07 Å². The topological polar surface area (TPSA) is 44.5 Å². The summed E-state index contributed by atoms with van der Waals surface area (Å²) in [5.41, 5.74) is 7.43. The molecule has 4 heteroatoms. The van der Waals surface area contributed by atoms with Crippen molar-refractivity contribution in [1.29, 1.82) is 0 Å². The van der Waals surface area contributed by atoms with Gasteiger partial charge in [0.2, 0.25) is 0 Å². The fourth-order valence-corrected chi connectivity index (χ4v) is 4.10. The van der Waals surface area contributed by atoms with Gasteiger partial charge in [-0.25, -0.2) is 0 Å². The van der Waals surface area contributed by atoms with Crippen LogP contribution in [0.15, 0.2) is 16.6 Å². The normalized spacial score (nSPS) is 21.2. The summed E-state index contributed by atoms with van der Waals surface area (Å²) in [7, 11) is 0. The smallest absolute Gasteiger partial charge is 0.166 e. The molecule has 1 aliphatic heterocycles. The Morgan fingerprint density at radius 2 is 1.84 bits per heavy atom. The molecule has 0 saturated heterocycles. The van der Waals surface area contributed by atoms with Gasteiger partial charge in [0.15, 0.2) is 11.5 Å². The maximum absolute atomic E-state index is 6.16. The summed E-state index contributed by atoms with van der Waals surface area (Å²) >= 11 is 3.70. The average Bonchev–Trinajstić information content (AvgIpc) is 2.48. The van der Waals surface area contributed by atoms with Crippen molar-refractivity contribution in [2.45, 2.75) is 37.5 Å². The first-order valence-electron chi connectivity index (χ1n) is 7.05. The van der Waals surface area contributed by atoms with Gasteiger partial charge in [0.05, 0.1) is 0 Å². The number of ether oxygens (including phenoxy) is 2. The van der Waals surface area contributed by atoms with Crippen molar-refractivity contribution in [3.63, 3.8) is 0 Å². The second-order valence-corrected chi connectivity index (χ2v) is 6.35. The minimum absolute atomic E-state index is 0.0448. The van der Waals surface area contributed by atoms with Crippen molar-refractivity contribution in [2.24, 2.45) is 5.73 Å². The minimum Gasteiger partial charge on any atom is -0.486 e. The van der Waals surface area contributed by atoms with Gasteiger partial charge in [0.1, 0.15) is 13.2 Å². The third kappa shape index (κ3) is 2.25. The Kier molecular flexibility index (Phi) is 3.72. The third-order valence-corrected chi connectivity index (χ3v) is 5.05. The molecular formula is C15H20BrNO2. The molecule has 2 N–H and O–H groups in total. The molecule has 1 aromatic carbocycles. The van der Waals surface area contributed by atoms with Crippen LogP contribution >= 0.6 is 15.9 Å². The molecule has 3 rings (SSSR count). The molecule has 104 valence electrons. The Morgan fingerprint density at radius 3 is 2.58 bits per heavy atom. The molecule has 0 spiro atoms. The van der Waals surface area contributed by atoms with Crippen LogP contribution in [0.2, 0.25) is 0 Å². The van der Waals surface area contributed by atoms with Gasteiger partial charge in [-0.05, 0) is 25.0 Å². The van der Waals surface area contributed by atoms with E-state index < -0.39 is 0 Å². The van der Waals surface area contributed by atoms with Crippen molar-refractivity contribution in [3.8, 4) is 11.5 Å². The van der Waals surface area contributed by atoms with E-state index in [0.29, 0.717) is 19.8 Å². The second kappa shape index (κ2) is 5.33. The summed E-state index contributed by atoms with van der Waals surface area (Å²) in [5, 5.41) is 0. The molecule has 3 nitrogen and oxygen atoms in total. The lowest BCUT2D eigenvalue weighted by molar-refractivity contribution is 0.163. The molecular weight excluding hydrogens is 306 g/mol. The molecule has 0 aromatic heterocycles. The molecule has 19 heavy (non-hydrogen) atoms. The summed E-state index contributed by atoms with van der Waals surface area (Å²) in [6, 6.07) is 4.05. The van der Waals surface area contributed by atoms with Crippen LogP contribution in [0.4, 0.5) is 0 Å². The monoisotopic (exact) mass is 325 g/mol. The minimum atomic E-state index is 0.0448. The Bertz CT molecular complexity index is 469. The van der Waals surface area contributed by atoms with Crippen LogP contribution in [0.1, 0.15) is 37.7 Å². The highest BCUT2D eigenvalue weighted by atomic mass is 79.9. The molecule has 0 bridgehead atoms. The molecule has 1 aromatic rings. The van der Waals surface area contributed by atoms with Gasteiger partial charge >= 0.3 is 0 Å². The van der Waals surface area contributed by atoms with Crippen LogP contribution in [0.5, 0.6) is 11.5 Å². The second-order valence-electron chi connectivity index (χ2n) is 5.49. The van der Waals surface area contributed by atoms with Gasteiger partial charge in [-0.1, -0.05) is 35.2 Å². The van der Waals surface area contributed by atoms with Gasteiger partial charge in [-0.15, -0.1) is 0 Å². The molecule has 1 heterocycles. The van der Waals surface area contributed by atoms with Crippen LogP contribution in [0.3, 0.4) is 0 Å². The fraction of sp³-hybridized carbons (Fsp3) is 0.600. The van der Waals surface area contributed by atoms with Crippen molar-refractivity contribution in [3.05, 3.63) is 22.2 Å². The Labute approximate surface area is 122 Å². The van der Waals surface area contributed by atoms with Crippen LogP contribution in [-0.2, 0) is 5.41 Å². The Hall–Kier alpha value is -0.740. The highest BCUT2D eigenvalue weighted by Gasteiger charge is 2.38. The quantitative estimate of drug-likeness (QED) is 0.906. The molecule has 1 aliphatic carbocycles. The standard InChI is InChI=1S/C15H20BrNO2/c16-11-4-5-12-14(19-9-8-18-12)13(11)15(10-17)6-2-1-3-7-15/h4-5H,1-3,6-10,17H2. The summed E-state index contributed by atoms with van der Waals surface area (Å²) < 4.78 is 12.7. The first-order chi connectivity index (χ1) is 9.27. The van der Waals surface area contributed by atoms with Gasteiger partial charge in [0, 0.05) is 22.0 Å². The van der Waals surface area contributed by atoms with Crippen LogP contribution in [0, 0.1) is 0 Å². The fourth-order valence-electron chi connectivity index (χ4n) is 3.37. The number of halogens is 1. The van der Waals surface area contributed by atoms with E-state index in [-0.39, 0.29) is 5.41 Å². The van der Waals surface area contributed by atoms with E-state index >= 15 is 0 Å². The number of benzene rings is 1. The zero-order valence-corrected chi connectivity index (χ0v) is 12.7. The summed E-state index contributed by atoms with van der Waals surface area (Å²) in [5.74, 6) is 1.77. The number of hydrogen-bond acceptors (Lipinski definition) is 3. The van der Waals surface area contributed by atoms with Crippen LogP contribution in [0.25, 0.3) is 0 Å². The highest BCUT2D eigenvalue weighted by Crippen LogP contribution is 2.49. The zero-order chi connectivity index (χ0) is 13.3. The average molecular weight is 326 g/mol. The number of rotatable bonds is 2. The predicted molar refractivity (Wildman–Crippen MR) is 78.9 cm³/mol. The lowest BCUT2D eigenvalue weighted by Crippen LogP contribution is -2.38. The maximum Gasteiger partial charge on any atom is 0.166 e. The van der Waals surface area contributed by atoms with Crippen molar-refractivity contribution in [2.75, 3.05) is 19.8 Å². The number of nitrogens with two attached hydrogens (primary N) is 1. The first-order valence-corrected chi connectivity index (χ1v) is 7.85. The number of fused-ring (bicyclic) bond motifs is 1.